The van der Waals surface area contributed by atoms with Crippen LogP contribution in [0.3, 0.4) is 0 Å². The molecule has 2 fully saturated rings. The quantitative estimate of drug-likeness (QED) is 0.737. The van der Waals surface area contributed by atoms with E-state index in [1.807, 2.05) is 27.5 Å². The van der Waals surface area contributed by atoms with Crippen LogP contribution < -0.4 is 0 Å². The maximum absolute atomic E-state index is 13.0. The molecule has 0 bridgehead atoms. The van der Waals surface area contributed by atoms with E-state index in [9.17, 15) is 9.59 Å². The van der Waals surface area contributed by atoms with Gasteiger partial charge in [-0.2, -0.15) is 5.10 Å². The molecule has 2 aliphatic heterocycles. The highest BCUT2D eigenvalue weighted by Crippen LogP contribution is 2.24. The highest BCUT2D eigenvalue weighted by Gasteiger charge is 2.27. The number of aryl methyl sites for hydroxylation is 1. The first-order valence-corrected chi connectivity index (χ1v) is 10.6. The number of hydrogen-bond donors (Lipinski definition) is 0. The van der Waals surface area contributed by atoms with Gasteiger partial charge in [0.1, 0.15) is 5.69 Å². The van der Waals surface area contributed by atoms with Gasteiger partial charge in [0.15, 0.2) is 0 Å². The van der Waals surface area contributed by atoms with Crippen LogP contribution in [0.2, 0.25) is 0 Å². The van der Waals surface area contributed by atoms with Gasteiger partial charge in [0.25, 0.3) is 5.91 Å². The Morgan fingerprint density at radius 2 is 2.00 bits per heavy atom. The second-order valence-corrected chi connectivity index (χ2v) is 8.44. The fourth-order valence-corrected chi connectivity index (χ4v) is 4.27. The van der Waals surface area contributed by atoms with Gasteiger partial charge in [-0.1, -0.05) is 13.8 Å². The van der Waals surface area contributed by atoms with E-state index in [1.54, 1.807) is 0 Å². The maximum atomic E-state index is 13.0. The third-order valence-corrected chi connectivity index (χ3v) is 5.85. The zero-order valence-electron chi connectivity index (χ0n) is 17.1. The standard InChI is InChI=1S/C21H34N4O2/c1-4-25-19(15-18(22-25)14-16(2)3)21(27)24-12-8-17(9-13-24)7-11-23-10-5-6-20(23)26/h15-17H,4-14H2,1-3H3. The minimum absolute atomic E-state index is 0.118. The molecule has 0 atom stereocenters. The largest absolute Gasteiger partial charge is 0.343 e. The summed E-state index contributed by atoms with van der Waals surface area (Å²) in [6.07, 6.45) is 5.77. The Labute approximate surface area is 162 Å². The molecular formula is C21H34N4O2. The average Bonchev–Trinajstić information content (AvgIpc) is 3.25. The predicted octanol–water partition coefficient (Wildman–Crippen LogP) is 2.97. The van der Waals surface area contributed by atoms with Crippen LogP contribution in [-0.4, -0.2) is 57.6 Å². The van der Waals surface area contributed by atoms with Crippen molar-refractivity contribution in [2.24, 2.45) is 11.8 Å². The van der Waals surface area contributed by atoms with Crippen LogP contribution in [0.4, 0.5) is 0 Å². The molecule has 6 heteroatoms. The van der Waals surface area contributed by atoms with Crippen LogP contribution in [0.5, 0.6) is 0 Å². The summed E-state index contributed by atoms with van der Waals surface area (Å²) in [6, 6.07) is 1.98. The van der Waals surface area contributed by atoms with Gasteiger partial charge < -0.3 is 9.80 Å². The number of rotatable bonds is 7. The van der Waals surface area contributed by atoms with E-state index in [0.717, 1.165) is 82.6 Å². The zero-order valence-corrected chi connectivity index (χ0v) is 17.1. The van der Waals surface area contributed by atoms with Crippen LogP contribution in [0.15, 0.2) is 6.07 Å². The van der Waals surface area contributed by atoms with Crippen molar-refractivity contribution in [2.45, 2.75) is 65.8 Å². The van der Waals surface area contributed by atoms with Crippen molar-refractivity contribution < 1.29 is 9.59 Å². The minimum Gasteiger partial charge on any atom is -0.343 e. The molecule has 1 aromatic heterocycles. The van der Waals surface area contributed by atoms with Gasteiger partial charge in [-0.3, -0.25) is 14.3 Å². The molecule has 0 saturated carbocycles. The average molecular weight is 375 g/mol. The first-order valence-electron chi connectivity index (χ1n) is 10.6. The Balaban J connectivity index is 1.52. The summed E-state index contributed by atoms with van der Waals surface area (Å²) in [7, 11) is 0. The summed E-state index contributed by atoms with van der Waals surface area (Å²) in [5.74, 6) is 1.58. The van der Waals surface area contributed by atoms with E-state index in [-0.39, 0.29) is 5.91 Å². The second-order valence-electron chi connectivity index (χ2n) is 8.44. The van der Waals surface area contributed by atoms with Crippen molar-refractivity contribution in [1.82, 2.24) is 19.6 Å². The van der Waals surface area contributed by atoms with Gasteiger partial charge in [-0.05, 0) is 56.9 Å². The van der Waals surface area contributed by atoms with Gasteiger partial charge in [0.05, 0.1) is 5.69 Å². The van der Waals surface area contributed by atoms with Crippen LogP contribution in [0.1, 0.15) is 69.1 Å². The lowest BCUT2D eigenvalue weighted by atomic mass is 9.93. The number of nitrogens with zero attached hydrogens (tertiary/aromatic N) is 4. The third kappa shape index (κ3) is 4.90. The van der Waals surface area contributed by atoms with Crippen molar-refractivity contribution in [3.05, 3.63) is 17.5 Å². The number of piperidine rings is 1. The van der Waals surface area contributed by atoms with E-state index in [1.165, 1.54) is 0 Å². The van der Waals surface area contributed by atoms with Crippen molar-refractivity contribution in [3.8, 4) is 0 Å². The van der Waals surface area contributed by atoms with Gasteiger partial charge in [-0.25, -0.2) is 0 Å². The molecule has 0 radical (unpaired) electrons. The summed E-state index contributed by atoms with van der Waals surface area (Å²) in [5, 5.41) is 4.61. The number of hydrogen-bond acceptors (Lipinski definition) is 3. The first-order chi connectivity index (χ1) is 13.0. The number of carbonyl (C=O) groups is 2. The molecule has 6 nitrogen and oxygen atoms in total. The third-order valence-electron chi connectivity index (χ3n) is 5.85. The summed E-state index contributed by atoms with van der Waals surface area (Å²) in [4.78, 5) is 28.7. The van der Waals surface area contributed by atoms with Crippen molar-refractivity contribution >= 4 is 11.8 Å². The smallest absolute Gasteiger partial charge is 0.272 e. The van der Waals surface area contributed by atoms with Crippen LogP contribution in [0, 0.1) is 11.8 Å². The number of carbonyl (C=O) groups excluding carboxylic acids is 2. The maximum Gasteiger partial charge on any atom is 0.272 e. The normalized spacial score (nSPS) is 18.7. The lowest BCUT2D eigenvalue weighted by molar-refractivity contribution is -0.127. The SMILES string of the molecule is CCn1nc(CC(C)C)cc1C(=O)N1CCC(CCN2CCCC2=O)CC1. The molecule has 3 heterocycles. The van der Waals surface area contributed by atoms with E-state index in [4.69, 9.17) is 0 Å². The van der Waals surface area contributed by atoms with Gasteiger partial charge >= 0.3 is 0 Å². The second kappa shape index (κ2) is 8.89. The molecule has 0 aliphatic carbocycles. The Kier molecular flexibility index (Phi) is 6.55. The molecule has 2 aliphatic rings. The van der Waals surface area contributed by atoms with Gasteiger partial charge in [0.2, 0.25) is 5.91 Å². The van der Waals surface area contributed by atoms with E-state index in [0.29, 0.717) is 17.7 Å². The van der Waals surface area contributed by atoms with Crippen molar-refractivity contribution in [2.75, 3.05) is 26.2 Å². The molecule has 27 heavy (non-hydrogen) atoms. The van der Waals surface area contributed by atoms with Gasteiger partial charge in [0, 0.05) is 39.1 Å². The lowest BCUT2D eigenvalue weighted by Crippen LogP contribution is -2.40. The number of aromatic nitrogens is 2. The van der Waals surface area contributed by atoms with Crippen LogP contribution in [0.25, 0.3) is 0 Å². The molecule has 2 amide bonds. The molecule has 2 saturated heterocycles. The molecule has 0 N–H and O–H groups in total. The molecule has 3 rings (SSSR count). The first kappa shape index (κ1) is 19.9. The monoisotopic (exact) mass is 374 g/mol. The Morgan fingerprint density at radius 1 is 1.26 bits per heavy atom. The van der Waals surface area contributed by atoms with Gasteiger partial charge in [-0.15, -0.1) is 0 Å². The molecular weight excluding hydrogens is 340 g/mol. The van der Waals surface area contributed by atoms with Crippen molar-refractivity contribution in [3.63, 3.8) is 0 Å². The molecule has 150 valence electrons. The highest BCUT2D eigenvalue weighted by atomic mass is 16.2. The Bertz CT molecular complexity index is 659. The summed E-state index contributed by atoms with van der Waals surface area (Å²) < 4.78 is 1.85. The fraction of sp³-hybridized carbons (Fsp3) is 0.762. The van der Waals surface area contributed by atoms with Crippen LogP contribution >= 0.6 is 0 Å². The fourth-order valence-electron chi connectivity index (χ4n) is 4.27. The topological polar surface area (TPSA) is 58.4 Å². The van der Waals surface area contributed by atoms with E-state index in [2.05, 4.69) is 18.9 Å². The number of likely N-dealkylation sites (tertiary alicyclic amines) is 2. The van der Waals surface area contributed by atoms with E-state index < -0.39 is 0 Å². The highest BCUT2D eigenvalue weighted by molar-refractivity contribution is 5.92. The zero-order chi connectivity index (χ0) is 19.4. The minimum atomic E-state index is 0.118. The summed E-state index contributed by atoms with van der Waals surface area (Å²) >= 11 is 0. The lowest BCUT2D eigenvalue weighted by Gasteiger charge is -2.32. The Morgan fingerprint density at radius 3 is 2.59 bits per heavy atom. The van der Waals surface area contributed by atoms with E-state index >= 15 is 0 Å². The summed E-state index contributed by atoms with van der Waals surface area (Å²) in [5.41, 5.74) is 1.75. The predicted molar refractivity (Wildman–Crippen MR) is 106 cm³/mol. The molecule has 0 unspecified atom stereocenters. The Hall–Kier alpha value is -1.85. The number of amides is 2. The van der Waals surface area contributed by atoms with Crippen molar-refractivity contribution in [1.29, 1.82) is 0 Å². The summed E-state index contributed by atoms with van der Waals surface area (Å²) in [6.45, 7) is 10.5. The molecule has 0 aromatic carbocycles. The van der Waals surface area contributed by atoms with Crippen LogP contribution in [-0.2, 0) is 17.8 Å². The molecule has 1 aromatic rings. The molecule has 0 spiro atoms.